The maximum absolute atomic E-state index is 11.9. The van der Waals surface area contributed by atoms with Gasteiger partial charge in [0.2, 0.25) is 5.91 Å². The van der Waals surface area contributed by atoms with Gasteiger partial charge < -0.3 is 10.5 Å². The molecule has 15 heavy (non-hydrogen) atoms. The summed E-state index contributed by atoms with van der Waals surface area (Å²) in [6.07, 6.45) is 0.497. The summed E-state index contributed by atoms with van der Waals surface area (Å²) in [6.45, 7) is -0.0930. The molecule has 0 aliphatic rings. The predicted molar refractivity (Wildman–Crippen MR) is 55.4 cm³/mol. The van der Waals surface area contributed by atoms with Gasteiger partial charge >= 0.3 is 0 Å². The molecule has 1 rings (SSSR count). The summed E-state index contributed by atoms with van der Waals surface area (Å²) in [6, 6.07) is 7.13. The second-order valence-electron chi connectivity index (χ2n) is 3.14. The van der Waals surface area contributed by atoms with Gasteiger partial charge in [-0.3, -0.25) is 9.18 Å². The Morgan fingerprint density at radius 3 is 2.80 bits per heavy atom. The van der Waals surface area contributed by atoms with Crippen molar-refractivity contribution < 1.29 is 13.9 Å². The SMILES string of the molecule is NC(=O)Cc1ccccc1OCCCF. The summed E-state index contributed by atoms with van der Waals surface area (Å²) in [4.78, 5) is 10.8. The summed E-state index contributed by atoms with van der Waals surface area (Å²) in [5, 5.41) is 0. The summed E-state index contributed by atoms with van der Waals surface area (Å²) < 4.78 is 17.2. The molecule has 0 aliphatic heterocycles. The zero-order valence-electron chi connectivity index (χ0n) is 8.41. The van der Waals surface area contributed by atoms with Crippen molar-refractivity contribution in [1.82, 2.24) is 0 Å². The highest BCUT2D eigenvalue weighted by atomic mass is 19.1. The molecule has 0 spiro atoms. The van der Waals surface area contributed by atoms with Crippen molar-refractivity contribution in [3.63, 3.8) is 0 Å². The van der Waals surface area contributed by atoms with E-state index in [-0.39, 0.29) is 6.42 Å². The van der Waals surface area contributed by atoms with Crippen molar-refractivity contribution in [1.29, 1.82) is 0 Å². The fraction of sp³-hybridized carbons (Fsp3) is 0.364. The van der Waals surface area contributed by atoms with Crippen LogP contribution in [0.3, 0.4) is 0 Å². The van der Waals surface area contributed by atoms with E-state index < -0.39 is 12.6 Å². The number of halogens is 1. The fourth-order valence-corrected chi connectivity index (χ4v) is 1.22. The Hall–Kier alpha value is -1.58. The molecule has 0 saturated heterocycles. The largest absolute Gasteiger partial charge is 0.493 e. The number of amides is 1. The third-order valence-corrected chi connectivity index (χ3v) is 1.87. The van der Waals surface area contributed by atoms with Crippen molar-refractivity contribution in [3.05, 3.63) is 29.8 Å². The number of para-hydroxylation sites is 1. The van der Waals surface area contributed by atoms with Gasteiger partial charge in [0.15, 0.2) is 0 Å². The number of carbonyl (C=O) groups is 1. The minimum absolute atomic E-state index is 0.145. The topological polar surface area (TPSA) is 52.3 Å². The van der Waals surface area contributed by atoms with E-state index in [0.717, 1.165) is 5.56 Å². The first-order chi connectivity index (χ1) is 7.24. The molecule has 82 valence electrons. The predicted octanol–water partition coefficient (Wildman–Crippen LogP) is 1.45. The average Bonchev–Trinajstić information content (AvgIpc) is 2.20. The quantitative estimate of drug-likeness (QED) is 0.724. The Labute approximate surface area is 88.0 Å². The van der Waals surface area contributed by atoms with Crippen LogP contribution in [-0.2, 0) is 11.2 Å². The molecule has 3 nitrogen and oxygen atoms in total. The molecule has 0 fully saturated rings. The van der Waals surface area contributed by atoms with E-state index in [0.29, 0.717) is 18.8 Å². The number of primary amides is 1. The maximum Gasteiger partial charge on any atom is 0.221 e. The minimum atomic E-state index is -0.406. The van der Waals surface area contributed by atoms with Crippen LogP contribution < -0.4 is 10.5 Å². The first kappa shape index (κ1) is 11.5. The van der Waals surface area contributed by atoms with Crippen LogP contribution in [0.2, 0.25) is 0 Å². The number of carbonyl (C=O) groups excluding carboxylic acids is 1. The lowest BCUT2D eigenvalue weighted by Crippen LogP contribution is -2.14. The number of rotatable bonds is 6. The van der Waals surface area contributed by atoms with Crippen LogP contribution in [-0.4, -0.2) is 19.2 Å². The Kier molecular flexibility index (Phi) is 4.60. The number of ether oxygens (including phenoxy) is 1. The van der Waals surface area contributed by atoms with Crippen LogP contribution in [0.25, 0.3) is 0 Å². The minimum Gasteiger partial charge on any atom is -0.493 e. The number of hydrogen-bond acceptors (Lipinski definition) is 2. The molecule has 0 heterocycles. The number of benzene rings is 1. The first-order valence-electron chi connectivity index (χ1n) is 4.79. The molecule has 1 aromatic rings. The van der Waals surface area contributed by atoms with Crippen molar-refractivity contribution in [2.75, 3.05) is 13.3 Å². The Morgan fingerprint density at radius 1 is 1.40 bits per heavy atom. The van der Waals surface area contributed by atoms with Gasteiger partial charge in [-0.2, -0.15) is 0 Å². The van der Waals surface area contributed by atoms with Gasteiger partial charge in [-0.1, -0.05) is 18.2 Å². The highest BCUT2D eigenvalue weighted by Crippen LogP contribution is 2.18. The Balaban J connectivity index is 2.64. The Bertz CT molecular complexity index is 328. The summed E-state index contributed by atoms with van der Waals surface area (Å²) in [5.74, 6) is 0.196. The second kappa shape index (κ2) is 6.01. The second-order valence-corrected chi connectivity index (χ2v) is 3.14. The standard InChI is InChI=1S/C11H14FNO2/c12-6-3-7-15-10-5-2-1-4-9(10)8-11(13)14/h1-2,4-5H,3,6-8H2,(H2,13,14). The zero-order chi connectivity index (χ0) is 11.1. The third kappa shape index (κ3) is 3.97. The molecule has 4 heteroatoms. The van der Waals surface area contributed by atoms with E-state index in [1.807, 2.05) is 0 Å². The molecule has 0 aromatic heterocycles. The van der Waals surface area contributed by atoms with Crippen LogP contribution in [0.4, 0.5) is 4.39 Å². The first-order valence-corrected chi connectivity index (χ1v) is 4.79. The number of alkyl halides is 1. The third-order valence-electron chi connectivity index (χ3n) is 1.87. The smallest absolute Gasteiger partial charge is 0.221 e. The van der Waals surface area contributed by atoms with Crippen LogP contribution >= 0.6 is 0 Å². The fourth-order valence-electron chi connectivity index (χ4n) is 1.22. The monoisotopic (exact) mass is 211 g/mol. The van der Waals surface area contributed by atoms with E-state index in [2.05, 4.69) is 0 Å². The Morgan fingerprint density at radius 2 is 2.13 bits per heavy atom. The van der Waals surface area contributed by atoms with E-state index >= 15 is 0 Å². The van der Waals surface area contributed by atoms with Crippen molar-refractivity contribution >= 4 is 5.91 Å². The average molecular weight is 211 g/mol. The normalized spacial score (nSPS) is 9.93. The van der Waals surface area contributed by atoms with Crippen LogP contribution in [0.15, 0.2) is 24.3 Å². The maximum atomic E-state index is 11.9. The number of nitrogens with two attached hydrogens (primary N) is 1. The molecule has 1 aromatic carbocycles. The summed E-state index contributed by atoms with van der Waals surface area (Å²) in [5.41, 5.74) is 5.83. The molecule has 2 N–H and O–H groups in total. The van der Waals surface area contributed by atoms with Crippen molar-refractivity contribution in [3.8, 4) is 5.75 Å². The molecule has 0 radical (unpaired) electrons. The molecule has 1 amide bonds. The van der Waals surface area contributed by atoms with Crippen LogP contribution in [0, 0.1) is 0 Å². The van der Waals surface area contributed by atoms with E-state index in [9.17, 15) is 9.18 Å². The molecule has 0 saturated carbocycles. The molecular formula is C11H14FNO2. The highest BCUT2D eigenvalue weighted by Gasteiger charge is 2.05. The van der Waals surface area contributed by atoms with Gasteiger partial charge in [-0.15, -0.1) is 0 Å². The molecule has 0 aliphatic carbocycles. The van der Waals surface area contributed by atoms with Gasteiger partial charge in [0.05, 0.1) is 19.7 Å². The molecule has 0 atom stereocenters. The van der Waals surface area contributed by atoms with Gasteiger partial charge in [-0.05, 0) is 6.07 Å². The highest BCUT2D eigenvalue weighted by molar-refractivity contribution is 5.77. The lowest BCUT2D eigenvalue weighted by Gasteiger charge is -2.09. The van der Waals surface area contributed by atoms with Gasteiger partial charge in [0.25, 0.3) is 0 Å². The van der Waals surface area contributed by atoms with Crippen molar-refractivity contribution in [2.45, 2.75) is 12.8 Å². The van der Waals surface area contributed by atoms with Crippen LogP contribution in [0.5, 0.6) is 5.75 Å². The molecule has 0 unspecified atom stereocenters. The number of hydrogen-bond donors (Lipinski definition) is 1. The molecule has 0 bridgehead atoms. The van der Waals surface area contributed by atoms with Crippen LogP contribution in [0.1, 0.15) is 12.0 Å². The summed E-state index contributed by atoms with van der Waals surface area (Å²) >= 11 is 0. The lowest BCUT2D eigenvalue weighted by atomic mass is 10.1. The zero-order valence-corrected chi connectivity index (χ0v) is 8.41. The van der Waals surface area contributed by atoms with E-state index in [1.54, 1.807) is 24.3 Å². The van der Waals surface area contributed by atoms with E-state index in [1.165, 1.54) is 0 Å². The molecular weight excluding hydrogens is 197 g/mol. The summed E-state index contributed by atoms with van der Waals surface area (Å²) in [7, 11) is 0. The lowest BCUT2D eigenvalue weighted by molar-refractivity contribution is -0.117. The van der Waals surface area contributed by atoms with E-state index in [4.69, 9.17) is 10.5 Å². The van der Waals surface area contributed by atoms with Crippen molar-refractivity contribution in [2.24, 2.45) is 5.73 Å². The van der Waals surface area contributed by atoms with Gasteiger partial charge in [0.1, 0.15) is 5.75 Å². The van der Waals surface area contributed by atoms with Gasteiger partial charge in [0, 0.05) is 12.0 Å². The van der Waals surface area contributed by atoms with Gasteiger partial charge in [-0.25, -0.2) is 0 Å².